The van der Waals surface area contributed by atoms with Crippen molar-refractivity contribution in [1.82, 2.24) is 14.5 Å². The van der Waals surface area contributed by atoms with E-state index in [1.807, 2.05) is 7.05 Å². The number of benzene rings is 1. The second-order valence-corrected chi connectivity index (χ2v) is 8.09. The fourth-order valence-corrected chi connectivity index (χ4v) is 4.50. The summed E-state index contributed by atoms with van der Waals surface area (Å²) >= 11 is 0. The molecule has 1 fully saturated rings. The SMILES string of the molecule is CNCC1CCCN(S(=O)(=O)c2cccc(C(=O)N(C)C)c2)C1. The molecule has 128 valence electrons. The third-order valence-electron chi connectivity index (χ3n) is 4.10. The summed E-state index contributed by atoms with van der Waals surface area (Å²) in [5.41, 5.74) is 0.389. The topological polar surface area (TPSA) is 69.7 Å². The maximum Gasteiger partial charge on any atom is 0.253 e. The summed E-state index contributed by atoms with van der Waals surface area (Å²) in [6.45, 7) is 1.87. The zero-order valence-corrected chi connectivity index (χ0v) is 14.8. The molecule has 0 aliphatic carbocycles. The van der Waals surface area contributed by atoms with Crippen molar-refractivity contribution in [2.24, 2.45) is 5.92 Å². The third-order valence-corrected chi connectivity index (χ3v) is 5.96. The molecule has 1 aromatic carbocycles. The predicted molar refractivity (Wildman–Crippen MR) is 89.9 cm³/mol. The summed E-state index contributed by atoms with van der Waals surface area (Å²) < 4.78 is 27.3. The lowest BCUT2D eigenvalue weighted by molar-refractivity contribution is 0.0827. The first-order valence-electron chi connectivity index (χ1n) is 7.82. The van der Waals surface area contributed by atoms with Crippen molar-refractivity contribution in [2.45, 2.75) is 17.7 Å². The number of rotatable bonds is 5. The van der Waals surface area contributed by atoms with Gasteiger partial charge in [0, 0.05) is 32.7 Å². The van der Waals surface area contributed by atoms with Crippen molar-refractivity contribution >= 4 is 15.9 Å². The van der Waals surface area contributed by atoms with E-state index in [0.717, 1.165) is 19.4 Å². The molecule has 7 heteroatoms. The van der Waals surface area contributed by atoms with Gasteiger partial charge in [-0.3, -0.25) is 4.79 Å². The highest BCUT2D eigenvalue weighted by atomic mass is 32.2. The molecule has 1 saturated heterocycles. The molecule has 0 bridgehead atoms. The van der Waals surface area contributed by atoms with Gasteiger partial charge in [-0.2, -0.15) is 4.31 Å². The molecule has 1 heterocycles. The number of carbonyl (C=O) groups excluding carboxylic acids is 1. The number of hydrogen-bond acceptors (Lipinski definition) is 4. The summed E-state index contributed by atoms with van der Waals surface area (Å²) in [6.07, 6.45) is 1.90. The fourth-order valence-electron chi connectivity index (χ4n) is 2.90. The maximum atomic E-state index is 12.9. The number of sulfonamides is 1. The van der Waals surface area contributed by atoms with E-state index in [-0.39, 0.29) is 10.8 Å². The van der Waals surface area contributed by atoms with Crippen molar-refractivity contribution in [3.05, 3.63) is 29.8 Å². The molecule has 6 nitrogen and oxygen atoms in total. The van der Waals surface area contributed by atoms with E-state index in [1.165, 1.54) is 15.3 Å². The number of amides is 1. The van der Waals surface area contributed by atoms with Gasteiger partial charge in [-0.1, -0.05) is 6.07 Å². The van der Waals surface area contributed by atoms with Crippen LogP contribution in [0.1, 0.15) is 23.2 Å². The van der Waals surface area contributed by atoms with Crippen LogP contribution in [0.25, 0.3) is 0 Å². The Morgan fingerprint density at radius 2 is 2.13 bits per heavy atom. The number of carbonyl (C=O) groups is 1. The van der Waals surface area contributed by atoms with Gasteiger partial charge in [0.2, 0.25) is 10.0 Å². The first kappa shape index (κ1) is 17.9. The van der Waals surface area contributed by atoms with Gasteiger partial charge in [0.05, 0.1) is 4.90 Å². The zero-order valence-electron chi connectivity index (χ0n) is 13.9. The minimum Gasteiger partial charge on any atom is -0.345 e. The molecule has 23 heavy (non-hydrogen) atoms. The summed E-state index contributed by atoms with van der Waals surface area (Å²) in [5, 5.41) is 3.11. The monoisotopic (exact) mass is 339 g/mol. The lowest BCUT2D eigenvalue weighted by Crippen LogP contribution is -2.42. The van der Waals surface area contributed by atoms with Crippen LogP contribution in [0, 0.1) is 5.92 Å². The first-order chi connectivity index (χ1) is 10.9. The van der Waals surface area contributed by atoms with Gasteiger partial charge < -0.3 is 10.2 Å². The van der Waals surface area contributed by atoms with Gasteiger partial charge in [0.1, 0.15) is 0 Å². The number of hydrogen-bond donors (Lipinski definition) is 1. The van der Waals surface area contributed by atoms with Crippen LogP contribution in [-0.4, -0.2) is 64.3 Å². The molecule has 2 rings (SSSR count). The Morgan fingerprint density at radius 1 is 1.39 bits per heavy atom. The van der Waals surface area contributed by atoms with Gasteiger partial charge >= 0.3 is 0 Å². The Kier molecular flexibility index (Phi) is 5.78. The Bertz CT molecular complexity index is 656. The van der Waals surface area contributed by atoms with Crippen LogP contribution in [-0.2, 0) is 10.0 Å². The van der Waals surface area contributed by atoms with Crippen molar-refractivity contribution in [1.29, 1.82) is 0 Å². The van der Waals surface area contributed by atoms with E-state index in [0.29, 0.717) is 24.6 Å². The van der Waals surface area contributed by atoms with Crippen LogP contribution in [0.4, 0.5) is 0 Å². The van der Waals surface area contributed by atoms with E-state index in [2.05, 4.69) is 5.32 Å². The van der Waals surface area contributed by atoms with Gasteiger partial charge in [0.15, 0.2) is 0 Å². The third kappa shape index (κ3) is 4.10. The van der Waals surface area contributed by atoms with Gasteiger partial charge in [0.25, 0.3) is 5.91 Å². The number of piperidine rings is 1. The molecule has 1 unspecified atom stereocenters. The minimum atomic E-state index is -3.56. The highest BCUT2D eigenvalue weighted by Crippen LogP contribution is 2.24. The molecule has 1 aliphatic heterocycles. The van der Waals surface area contributed by atoms with Crippen molar-refractivity contribution in [3.8, 4) is 0 Å². The minimum absolute atomic E-state index is 0.190. The second kappa shape index (κ2) is 7.42. The van der Waals surface area contributed by atoms with Gasteiger partial charge in [-0.15, -0.1) is 0 Å². The average molecular weight is 339 g/mol. The summed E-state index contributed by atoms with van der Waals surface area (Å²) in [7, 11) is 1.62. The van der Waals surface area contributed by atoms with E-state index in [1.54, 1.807) is 32.3 Å². The Morgan fingerprint density at radius 3 is 2.78 bits per heavy atom. The lowest BCUT2D eigenvalue weighted by atomic mass is 10.00. The van der Waals surface area contributed by atoms with Crippen molar-refractivity contribution in [3.63, 3.8) is 0 Å². The van der Waals surface area contributed by atoms with Gasteiger partial charge in [-0.05, 0) is 50.6 Å². The van der Waals surface area contributed by atoms with E-state index < -0.39 is 10.0 Å². The van der Waals surface area contributed by atoms with E-state index >= 15 is 0 Å². The fraction of sp³-hybridized carbons (Fsp3) is 0.562. The molecule has 1 atom stereocenters. The van der Waals surface area contributed by atoms with Crippen LogP contribution in [0.2, 0.25) is 0 Å². The molecule has 1 aromatic rings. The van der Waals surface area contributed by atoms with E-state index in [9.17, 15) is 13.2 Å². The van der Waals surface area contributed by atoms with Crippen LogP contribution in [0.5, 0.6) is 0 Å². The quantitative estimate of drug-likeness (QED) is 0.869. The highest BCUT2D eigenvalue weighted by molar-refractivity contribution is 7.89. The van der Waals surface area contributed by atoms with Crippen LogP contribution < -0.4 is 5.32 Å². The second-order valence-electron chi connectivity index (χ2n) is 6.16. The molecule has 0 aromatic heterocycles. The van der Waals surface area contributed by atoms with E-state index in [4.69, 9.17) is 0 Å². The van der Waals surface area contributed by atoms with Crippen molar-refractivity contribution in [2.75, 3.05) is 40.8 Å². The first-order valence-corrected chi connectivity index (χ1v) is 9.26. The van der Waals surface area contributed by atoms with Crippen LogP contribution in [0.3, 0.4) is 0 Å². The molecule has 1 amide bonds. The zero-order chi connectivity index (χ0) is 17.0. The number of nitrogens with zero attached hydrogens (tertiary/aromatic N) is 2. The molecule has 0 saturated carbocycles. The molecular weight excluding hydrogens is 314 g/mol. The summed E-state index contributed by atoms with van der Waals surface area (Å²) in [5.74, 6) is 0.129. The predicted octanol–water partition coefficient (Wildman–Crippen LogP) is 1.01. The molecule has 0 radical (unpaired) electrons. The molecule has 0 spiro atoms. The lowest BCUT2D eigenvalue weighted by Gasteiger charge is -2.32. The summed E-state index contributed by atoms with van der Waals surface area (Å²) in [6, 6.07) is 6.29. The largest absolute Gasteiger partial charge is 0.345 e. The van der Waals surface area contributed by atoms with Crippen molar-refractivity contribution < 1.29 is 13.2 Å². The number of nitrogens with one attached hydrogen (secondary N) is 1. The maximum absolute atomic E-state index is 12.9. The molecule has 1 N–H and O–H groups in total. The van der Waals surface area contributed by atoms with Crippen LogP contribution in [0.15, 0.2) is 29.2 Å². The highest BCUT2D eigenvalue weighted by Gasteiger charge is 2.30. The Hall–Kier alpha value is -1.44. The Balaban J connectivity index is 2.25. The Labute approximate surface area is 138 Å². The normalized spacial score (nSPS) is 19.5. The van der Waals surface area contributed by atoms with Gasteiger partial charge in [-0.25, -0.2) is 8.42 Å². The smallest absolute Gasteiger partial charge is 0.253 e. The molecule has 1 aliphatic rings. The average Bonchev–Trinajstić information content (AvgIpc) is 2.54. The summed E-state index contributed by atoms with van der Waals surface area (Å²) in [4.78, 5) is 13.7. The standard InChI is InChI=1S/C16H25N3O3S/c1-17-11-13-6-5-9-19(12-13)23(21,22)15-8-4-7-14(10-15)16(20)18(2)3/h4,7-8,10,13,17H,5-6,9,11-12H2,1-3H3. The van der Waals surface area contributed by atoms with Crippen LogP contribution >= 0.6 is 0 Å². The molecular formula is C16H25N3O3S.